The Morgan fingerprint density at radius 3 is 1.36 bits per heavy atom. The van der Waals surface area contributed by atoms with E-state index in [1.807, 2.05) is 0 Å². The SMILES string of the molecule is C1=C/C=C\CCCCCC/C=C/C=C1. The van der Waals surface area contributed by atoms with Crippen LogP contribution in [0, 0.1) is 0 Å². The fraction of sp³-hybridized carbons (Fsp3) is 0.429. The average Bonchev–Trinajstić information content (AvgIpc) is 2.22. The van der Waals surface area contributed by atoms with Gasteiger partial charge in [0.15, 0.2) is 0 Å². The molecule has 0 heteroatoms. The van der Waals surface area contributed by atoms with E-state index in [1.165, 1.54) is 38.5 Å². The summed E-state index contributed by atoms with van der Waals surface area (Å²) in [5, 5.41) is 0. The van der Waals surface area contributed by atoms with Crippen LogP contribution in [-0.2, 0) is 0 Å². The molecule has 0 amide bonds. The van der Waals surface area contributed by atoms with E-state index in [9.17, 15) is 0 Å². The van der Waals surface area contributed by atoms with Gasteiger partial charge in [0.2, 0.25) is 0 Å². The van der Waals surface area contributed by atoms with Crippen LogP contribution in [0.1, 0.15) is 38.5 Å². The Hall–Kier alpha value is -1.04. The van der Waals surface area contributed by atoms with E-state index in [-0.39, 0.29) is 0 Å². The van der Waals surface area contributed by atoms with Crippen LogP contribution in [0.4, 0.5) is 0 Å². The molecule has 0 aromatic carbocycles. The second kappa shape index (κ2) is 8.55. The third kappa shape index (κ3) is 6.47. The smallest absolute Gasteiger partial charge is 0.0348 e. The molecule has 0 unspecified atom stereocenters. The summed E-state index contributed by atoms with van der Waals surface area (Å²) in [4.78, 5) is 0. The van der Waals surface area contributed by atoms with Crippen molar-refractivity contribution in [1.82, 2.24) is 0 Å². The summed E-state index contributed by atoms with van der Waals surface area (Å²) in [7, 11) is 0. The van der Waals surface area contributed by atoms with Crippen LogP contribution in [0.15, 0.2) is 48.6 Å². The molecule has 0 aliphatic heterocycles. The molecule has 76 valence electrons. The van der Waals surface area contributed by atoms with Gasteiger partial charge in [-0.05, 0) is 25.7 Å². The largest absolute Gasteiger partial charge is 0.0845 e. The Bertz CT molecular complexity index is 202. The summed E-state index contributed by atoms with van der Waals surface area (Å²) in [5.74, 6) is 0. The van der Waals surface area contributed by atoms with Crippen LogP contribution >= 0.6 is 0 Å². The van der Waals surface area contributed by atoms with Crippen molar-refractivity contribution < 1.29 is 0 Å². The summed E-state index contributed by atoms with van der Waals surface area (Å²) in [6, 6.07) is 0. The summed E-state index contributed by atoms with van der Waals surface area (Å²) in [5.41, 5.74) is 0. The molecule has 0 bridgehead atoms. The third-order valence-corrected chi connectivity index (χ3v) is 2.32. The molecule has 1 aliphatic carbocycles. The minimum atomic E-state index is 1.23. The van der Waals surface area contributed by atoms with E-state index in [0.717, 1.165) is 0 Å². The lowest BCUT2D eigenvalue weighted by Crippen LogP contribution is -1.76. The average molecular weight is 188 g/mol. The molecular weight excluding hydrogens is 168 g/mol. The van der Waals surface area contributed by atoms with Crippen molar-refractivity contribution in [3.05, 3.63) is 48.6 Å². The van der Waals surface area contributed by atoms with Crippen LogP contribution < -0.4 is 0 Å². The maximum Gasteiger partial charge on any atom is -0.0348 e. The van der Waals surface area contributed by atoms with Crippen molar-refractivity contribution in [1.29, 1.82) is 0 Å². The summed E-state index contributed by atoms with van der Waals surface area (Å²) < 4.78 is 0. The number of hydrogen-bond acceptors (Lipinski definition) is 0. The zero-order valence-corrected chi connectivity index (χ0v) is 8.86. The van der Waals surface area contributed by atoms with Crippen LogP contribution in [0.25, 0.3) is 0 Å². The fourth-order valence-corrected chi connectivity index (χ4v) is 1.48. The second-order valence-corrected chi connectivity index (χ2v) is 3.62. The Balaban J connectivity index is 2.36. The number of hydrogen-bond donors (Lipinski definition) is 0. The van der Waals surface area contributed by atoms with Gasteiger partial charge in [-0.1, -0.05) is 61.4 Å². The van der Waals surface area contributed by atoms with Gasteiger partial charge in [-0.15, -0.1) is 0 Å². The van der Waals surface area contributed by atoms with Gasteiger partial charge >= 0.3 is 0 Å². The monoisotopic (exact) mass is 188 g/mol. The molecule has 0 aromatic rings. The van der Waals surface area contributed by atoms with Crippen LogP contribution in [-0.4, -0.2) is 0 Å². The van der Waals surface area contributed by atoms with Gasteiger partial charge in [0, 0.05) is 0 Å². The lowest BCUT2D eigenvalue weighted by molar-refractivity contribution is 0.652. The van der Waals surface area contributed by atoms with E-state index in [4.69, 9.17) is 0 Å². The Labute approximate surface area is 87.7 Å². The first-order valence-electron chi connectivity index (χ1n) is 5.65. The van der Waals surface area contributed by atoms with Gasteiger partial charge in [-0.25, -0.2) is 0 Å². The third-order valence-electron chi connectivity index (χ3n) is 2.32. The highest BCUT2D eigenvalue weighted by molar-refractivity contribution is 5.15. The molecule has 0 spiro atoms. The molecule has 0 atom stereocenters. The predicted octanol–water partition coefficient (Wildman–Crippen LogP) is 4.57. The lowest BCUT2D eigenvalue weighted by atomic mass is 10.1. The predicted molar refractivity (Wildman–Crippen MR) is 64.3 cm³/mol. The van der Waals surface area contributed by atoms with E-state index in [1.54, 1.807) is 0 Å². The van der Waals surface area contributed by atoms with Crippen molar-refractivity contribution in [2.24, 2.45) is 0 Å². The summed E-state index contributed by atoms with van der Waals surface area (Å²) in [6.45, 7) is 0. The van der Waals surface area contributed by atoms with Gasteiger partial charge in [0.1, 0.15) is 0 Å². The van der Waals surface area contributed by atoms with Gasteiger partial charge in [-0.3, -0.25) is 0 Å². The number of allylic oxidation sites excluding steroid dienone is 8. The highest BCUT2D eigenvalue weighted by Gasteiger charge is 1.87. The Morgan fingerprint density at radius 1 is 0.429 bits per heavy atom. The standard InChI is InChI=1S/C14H20/c1-2-4-6-8-10-12-14-13-11-9-7-5-3-1/h1-8H,9-14H2/b3-1?,4-2?,7-5-,8-6+. The molecule has 0 saturated heterocycles. The lowest BCUT2D eigenvalue weighted by Gasteiger charge is -1.96. The molecular formula is C14H20. The topological polar surface area (TPSA) is 0 Å². The molecule has 1 rings (SSSR count). The highest BCUT2D eigenvalue weighted by Crippen LogP contribution is 2.06. The molecule has 1 aliphatic rings. The number of rotatable bonds is 0. The van der Waals surface area contributed by atoms with Crippen molar-refractivity contribution in [2.75, 3.05) is 0 Å². The zero-order chi connectivity index (χ0) is 9.90. The zero-order valence-electron chi connectivity index (χ0n) is 8.86. The molecule has 0 radical (unpaired) electrons. The first-order chi connectivity index (χ1) is 7.00. The van der Waals surface area contributed by atoms with Crippen LogP contribution in [0.5, 0.6) is 0 Å². The second-order valence-electron chi connectivity index (χ2n) is 3.62. The van der Waals surface area contributed by atoms with E-state index >= 15 is 0 Å². The van der Waals surface area contributed by atoms with Crippen LogP contribution in [0.3, 0.4) is 0 Å². The maximum atomic E-state index is 2.26. The minimum absolute atomic E-state index is 1.23. The quantitative estimate of drug-likeness (QED) is 0.522. The van der Waals surface area contributed by atoms with E-state index in [0.29, 0.717) is 0 Å². The van der Waals surface area contributed by atoms with Gasteiger partial charge in [-0.2, -0.15) is 0 Å². The van der Waals surface area contributed by atoms with Crippen molar-refractivity contribution >= 4 is 0 Å². The van der Waals surface area contributed by atoms with Gasteiger partial charge in [0.25, 0.3) is 0 Å². The van der Waals surface area contributed by atoms with E-state index < -0.39 is 0 Å². The van der Waals surface area contributed by atoms with Crippen LogP contribution in [0.2, 0.25) is 0 Å². The molecule has 0 aromatic heterocycles. The van der Waals surface area contributed by atoms with Crippen molar-refractivity contribution in [3.63, 3.8) is 0 Å². The van der Waals surface area contributed by atoms with Gasteiger partial charge < -0.3 is 0 Å². The maximum absolute atomic E-state index is 2.26. The van der Waals surface area contributed by atoms with Gasteiger partial charge in [0.05, 0.1) is 0 Å². The molecule has 14 heavy (non-hydrogen) atoms. The first-order valence-corrected chi connectivity index (χ1v) is 5.65. The molecule has 0 heterocycles. The first kappa shape index (κ1) is 11.0. The summed E-state index contributed by atoms with van der Waals surface area (Å²) >= 11 is 0. The molecule has 0 saturated carbocycles. The molecule has 0 nitrogen and oxygen atoms in total. The minimum Gasteiger partial charge on any atom is -0.0845 e. The Kier molecular flexibility index (Phi) is 6.74. The highest BCUT2D eigenvalue weighted by atomic mass is 13.9. The Morgan fingerprint density at radius 2 is 0.857 bits per heavy atom. The van der Waals surface area contributed by atoms with E-state index in [2.05, 4.69) is 48.6 Å². The fourth-order valence-electron chi connectivity index (χ4n) is 1.48. The van der Waals surface area contributed by atoms with Crippen molar-refractivity contribution in [2.45, 2.75) is 38.5 Å². The van der Waals surface area contributed by atoms with Crippen molar-refractivity contribution in [3.8, 4) is 0 Å². The molecule has 0 fully saturated rings. The molecule has 0 N–H and O–H groups in total. The summed E-state index contributed by atoms with van der Waals surface area (Å²) in [6.07, 6.45) is 25.0. The normalized spacial score (nSPS) is 24.0.